The number of para-hydroxylation sites is 2. The summed E-state index contributed by atoms with van der Waals surface area (Å²) in [4.78, 5) is 17.7. The minimum absolute atomic E-state index is 0.263. The van der Waals surface area contributed by atoms with E-state index in [-0.39, 0.29) is 6.04 Å². The molecule has 2 aromatic heterocycles. The molecule has 2 aliphatic rings. The minimum atomic E-state index is -4.36. The molecule has 3 aromatic rings. The van der Waals surface area contributed by atoms with Crippen LogP contribution in [0.15, 0.2) is 48.8 Å². The summed E-state index contributed by atoms with van der Waals surface area (Å²) in [6, 6.07) is 10.6. The molecule has 2 atom stereocenters. The summed E-state index contributed by atoms with van der Waals surface area (Å²) in [5, 5.41) is 0. The molecule has 1 aromatic carbocycles. The Morgan fingerprint density at radius 1 is 0.893 bits per heavy atom. The SMILES string of the molecule is FC(F)(F)c1ccc(N2CC3CCN(c4cnc5ccccc5n4)C3C2)nc1. The fraction of sp³-hybridized carbons (Fsp3) is 0.350. The molecule has 0 spiro atoms. The summed E-state index contributed by atoms with van der Waals surface area (Å²) in [5.74, 6) is 1.89. The van der Waals surface area contributed by atoms with Gasteiger partial charge >= 0.3 is 6.18 Å². The van der Waals surface area contributed by atoms with Crippen LogP contribution in [-0.2, 0) is 6.18 Å². The Hall–Kier alpha value is -2.90. The molecule has 5 rings (SSSR count). The maximum Gasteiger partial charge on any atom is 0.417 e. The van der Waals surface area contributed by atoms with Gasteiger partial charge in [-0.05, 0) is 30.7 Å². The predicted molar refractivity (Wildman–Crippen MR) is 100 cm³/mol. The highest BCUT2D eigenvalue weighted by atomic mass is 19.4. The first-order chi connectivity index (χ1) is 13.5. The topological polar surface area (TPSA) is 45.2 Å². The molecule has 0 saturated carbocycles. The molecule has 0 bridgehead atoms. The van der Waals surface area contributed by atoms with E-state index >= 15 is 0 Å². The lowest BCUT2D eigenvalue weighted by Crippen LogP contribution is -2.36. The lowest BCUT2D eigenvalue weighted by molar-refractivity contribution is -0.137. The van der Waals surface area contributed by atoms with E-state index in [9.17, 15) is 13.2 Å². The van der Waals surface area contributed by atoms with Gasteiger partial charge in [0, 0.05) is 31.7 Å². The summed E-state index contributed by atoms with van der Waals surface area (Å²) >= 11 is 0. The molecule has 0 aliphatic carbocycles. The Bertz CT molecular complexity index is 1000. The number of rotatable bonds is 2. The van der Waals surface area contributed by atoms with E-state index in [4.69, 9.17) is 4.98 Å². The van der Waals surface area contributed by atoms with Crippen LogP contribution in [0.1, 0.15) is 12.0 Å². The zero-order valence-corrected chi connectivity index (χ0v) is 15.0. The third-order valence-corrected chi connectivity index (χ3v) is 5.68. The van der Waals surface area contributed by atoms with Crippen molar-refractivity contribution in [3.8, 4) is 0 Å². The summed E-state index contributed by atoms with van der Waals surface area (Å²) in [6.07, 6.45) is -0.616. The Labute approximate surface area is 159 Å². The van der Waals surface area contributed by atoms with Crippen molar-refractivity contribution in [2.75, 3.05) is 29.4 Å². The van der Waals surface area contributed by atoms with E-state index in [1.165, 1.54) is 6.07 Å². The van der Waals surface area contributed by atoms with Crippen molar-refractivity contribution in [1.29, 1.82) is 0 Å². The third-order valence-electron chi connectivity index (χ3n) is 5.68. The van der Waals surface area contributed by atoms with E-state index in [1.807, 2.05) is 30.5 Å². The maximum absolute atomic E-state index is 12.8. The van der Waals surface area contributed by atoms with Crippen LogP contribution in [0.5, 0.6) is 0 Å². The molecule has 0 N–H and O–H groups in total. The van der Waals surface area contributed by atoms with E-state index in [2.05, 4.69) is 19.8 Å². The molecular formula is C20H18F3N5. The van der Waals surface area contributed by atoms with Gasteiger partial charge in [-0.3, -0.25) is 4.98 Å². The van der Waals surface area contributed by atoms with Gasteiger partial charge in [0.15, 0.2) is 0 Å². The second kappa shape index (κ2) is 6.32. The highest BCUT2D eigenvalue weighted by molar-refractivity contribution is 5.75. The van der Waals surface area contributed by atoms with Crippen LogP contribution in [0.4, 0.5) is 24.8 Å². The number of halogens is 3. The number of fused-ring (bicyclic) bond motifs is 2. The maximum atomic E-state index is 12.8. The van der Waals surface area contributed by atoms with Crippen molar-refractivity contribution < 1.29 is 13.2 Å². The molecule has 144 valence electrons. The number of aromatic nitrogens is 3. The van der Waals surface area contributed by atoms with E-state index in [0.717, 1.165) is 55.2 Å². The Morgan fingerprint density at radius 2 is 1.71 bits per heavy atom. The van der Waals surface area contributed by atoms with E-state index in [1.54, 1.807) is 0 Å². The summed E-state index contributed by atoms with van der Waals surface area (Å²) in [6.45, 7) is 2.43. The highest BCUT2D eigenvalue weighted by Gasteiger charge is 2.42. The fourth-order valence-corrected chi connectivity index (χ4v) is 4.26. The van der Waals surface area contributed by atoms with Gasteiger partial charge in [0.25, 0.3) is 0 Å². The number of hydrogen-bond acceptors (Lipinski definition) is 5. The lowest BCUT2D eigenvalue weighted by Gasteiger charge is -2.26. The van der Waals surface area contributed by atoms with Crippen LogP contribution in [0, 0.1) is 5.92 Å². The summed E-state index contributed by atoms with van der Waals surface area (Å²) < 4.78 is 38.3. The highest BCUT2D eigenvalue weighted by Crippen LogP contribution is 2.36. The Morgan fingerprint density at radius 3 is 2.46 bits per heavy atom. The molecule has 2 aliphatic heterocycles. The lowest BCUT2D eigenvalue weighted by atomic mass is 10.1. The van der Waals surface area contributed by atoms with Crippen molar-refractivity contribution >= 4 is 22.7 Å². The van der Waals surface area contributed by atoms with Crippen LogP contribution >= 0.6 is 0 Å². The van der Waals surface area contributed by atoms with Gasteiger partial charge < -0.3 is 9.80 Å². The number of benzene rings is 1. The van der Waals surface area contributed by atoms with Gasteiger partial charge in [0.05, 0.1) is 28.8 Å². The minimum Gasteiger partial charge on any atom is -0.354 e. The third kappa shape index (κ3) is 2.93. The molecule has 4 heterocycles. The van der Waals surface area contributed by atoms with Crippen LogP contribution in [0.3, 0.4) is 0 Å². The van der Waals surface area contributed by atoms with Crippen molar-refractivity contribution in [2.45, 2.75) is 18.6 Å². The van der Waals surface area contributed by atoms with Crippen molar-refractivity contribution in [3.63, 3.8) is 0 Å². The number of anilines is 2. The number of nitrogens with zero attached hydrogens (tertiary/aromatic N) is 5. The second-order valence-electron chi connectivity index (χ2n) is 7.33. The monoisotopic (exact) mass is 385 g/mol. The zero-order valence-electron chi connectivity index (χ0n) is 15.0. The predicted octanol–water partition coefficient (Wildman–Crippen LogP) is 3.76. The van der Waals surface area contributed by atoms with E-state index < -0.39 is 11.7 Å². The molecule has 28 heavy (non-hydrogen) atoms. The largest absolute Gasteiger partial charge is 0.417 e. The average Bonchev–Trinajstić information content (AvgIpc) is 3.28. The van der Waals surface area contributed by atoms with Gasteiger partial charge in [-0.2, -0.15) is 13.2 Å². The van der Waals surface area contributed by atoms with Crippen molar-refractivity contribution in [2.24, 2.45) is 5.92 Å². The number of pyridine rings is 1. The molecule has 5 nitrogen and oxygen atoms in total. The van der Waals surface area contributed by atoms with Gasteiger partial charge in [-0.1, -0.05) is 12.1 Å². The van der Waals surface area contributed by atoms with Crippen LogP contribution in [0.25, 0.3) is 11.0 Å². The standard InChI is InChI=1S/C20H18F3N5/c21-20(22,23)14-5-6-18(25-9-14)27-11-13-7-8-28(17(13)12-27)19-10-24-15-3-1-2-4-16(15)26-19/h1-6,9-10,13,17H,7-8,11-12H2. The first kappa shape index (κ1) is 17.2. The normalized spacial score (nSPS) is 22.1. The van der Waals surface area contributed by atoms with Crippen LogP contribution in [-0.4, -0.2) is 40.6 Å². The van der Waals surface area contributed by atoms with Crippen LogP contribution < -0.4 is 9.80 Å². The van der Waals surface area contributed by atoms with Gasteiger partial charge in [-0.15, -0.1) is 0 Å². The average molecular weight is 385 g/mol. The first-order valence-corrected chi connectivity index (χ1v) is 9.26. The first-order valence-electron chi connectivity index (χ1n) is 9.26. The zero-order chi connectivity index (χ0) is 19.3. The molecule has 2 unspecified atom stereocenters. The fourth-order valence-electron chi connectivity index (χ4n) is 4.26. The van der Waals surface area contributed by atoms with Crippen LogP contribution in [0.2, 0.25) is 0 Å². The molecule has 0 amide bonds. The quantitative estimate of drug-likeness (QED) is 0.672. The summed E-state index contributed by atoms with van der Waals surface area (Å²) in [5.41, 5.74) is 1.01. The second-order valence-corrected chi connectivity index (χ2v) is 7.33. The molecule has 8 heteroatoms. The van der Waals surface area contributed by atoms with Gasteiger partial charge in [0.2, 0.25) is 0 Å². The van der Waals surface area contributed by atoms with Crippen molar-refractivity contribution in [1.82, 2.24) is 15.0 Å². The van der Waals surface area contributed by atoms with Gasteiger partial charge in [-0.25, -0.2) is 9.97 Å². The van der Waals surface area contributed by atoms with Gasteiger partial charge in [0.1, 0.15) is 11.6 Å². The summed E-state index contributed by atoms with van der Waals surface area (Å²) in [7, 11) is 0. The molecule has 0 radical (unpaired) electrons. The Kier molecular flexibility index (Phi) is 3.89. The van der Waals surface area contributed by atoms with E-state index in [0.29, 0.717) is 11.7 Å². The number of alkyl halides is 3. The molecule has 2 saturated heterocycles. The molecule has 2 fully saturated rings. The number of hydrogen-bond donors (Lipinski definition) is 0. The smallest absolute Gasteiger partial charge is 0.354 e. The Balaban J connectivity index is 1.36. The van der Waals surface area contributed by atoms with Crippen molar-refractivity contribution in [3.05, 3.63) is 54.4 Å². The molecular weight excluding hydrogens is 367 g/mol.